The molecular formula is C21H21ClF3N3O5S. The lowest BCUT2D eigenvalue weighted by atomic mass is 10.1. The van der Waals surface area contributed by atoms with Crippen molar-refractivity contribution in [3.05, 3.63) is 68.1 Å². The molecule has 0 saturated carbocycles. The Bertz CT molecular complexity index is 1270. The Morgan fingerprint density at radius 2 is 1.79 bits per heavy atom. The van der Waals surface area contributed by atoms with Crippen LogP contribution in [0, 0.1) is 0 Å². The van der Waals surface area contributed by atoms with Crippen molar-refractivity contribution in [2.24, 2.45) is 0 Å². The van der Waals surface area contributed by atoms with E-state index in [1.165, 1.54) is 0 Å². The van der Waals surface area contributed by atoms with Gasteiger partial charge in [-0.05, 0) is 30.2 Å². The zero-order valence-electron chi connectivity index (χ0n) is 18.0. The van der Waals surface area contributed by atoms with Crippen molar-refractivity contribution in [3.63, 3.8) is 0 Å². The van der Waals surface area contributed by atoms with Crippen LogP contribution in [0.4, 0.5) is 13.2 Å². The summed E-state index contributed by atoms with van der Waals surface area (Å²) in [6.45, 7) is -0.491. The van der Waals surface area contributed by atoms with E-state index in [0.29, 0.717) is 21.2 Å². The summed E-state index contributed by atoms with van der Waals surface area (Å²) >= 11 is 5.79. The van der Waals surface area contributed by atoms with E-state index in [4.69, 9.17) is 11.6 Å². The normalized spacial score (nSPS) is 14.1. The molecule has 2 aromatic rings. The topological polar surface area (TPSA) is 106 Å². The Balaban J connectivity index is 1.91. The second-order valence-electron chi connectivity index (χ2n) is 7.86. The number of hydrogen-bond donors (Lipinski definition) is 1. The second-order valence-corrected chi connectivity index (χ2v) is 10.6. The molecule has 0 unspecified atom stereocenters. The van der Waals surface area contributed by atoms with Gasteiger partial charge in [0.05, 0.1) is 11.3 Å². The molecule has 184 valence electrons. The van der Waals surface area contributed by atoms with E-state index in [1.807, 2.05) is 0 Å². The molecule has 3 rings (SSSR count). The summed E-state index contributed by atoms with van der Waals surface area (Å²) < 4.78 is 64.8. The number of halogens is 4. The van der Waals surface area contributed by atoms with E-state index in [1.54, 1.807) is 24.3 Å². The number of sulfone groups is 1. The zero-order valence-corrected chi connectivity index (χ0v) is 19.6. The van der Waals surface area contributed by atoms with E-state index in [2.05, 4.69) is 5.32 Å². The molecule has 1 aliphatic rings. The summed E-state index contributed by atoms with van der Waals surface area (Å²) in [5.74, 6) is -2.29. The van der Waals surface area contributed by atoms with E-state index in [9.17, 15) is 36.0 Å². The maximum absolute atomic E-state index is 13.8. The van der Waals surface area contributed by atoms with Crippen LogP contribution in [0.1, 0.15) is 38.4 Å². The molecule has 2 heterocycles. The third-order valence-corrected chi connectivity index (χ3v) is 6.51. The molecule has 13 heteroatoms. The highest BCUT2D eigenvalue weighted by Gasteiger charge is 2.41. The Hall–Kier alpha value is -2.86. The number of fused-ring (bicyclic) bond motifs is 1. The Labute approximate surface area is 198 Å². The van der Waals surface area contributed by atoms with Crippen LogP contribution in [0.25, 0.3) is 0 Å². The highest BCUT2D eigenvalue weighted by molar-refractivity contribution is 7.90. The first kappa shape index (κ1) is 25.8. The quantitative estimate of drug-likeness (QED) is 0.604. The summed E-state index contributed by atoms with van der Waals surface area (Å²) in [5, 5.41) is 2.87. The van der Waals surface area contributed by atoms with Crippen molar-refractivity contribution in [1.29, 1.82) is 0 Å². The Kier molecular flexibility index (Phi) is 7.41. The molecule has 34 heavy (non-hydrogen) atoms. The molecule has 1 N–H and O–H groups in total. The number of benzene rings is 1. The van der Waals surface area contributed by atoms with Crippen LogP contribution in [-0.4, -0.2) is 54.8 Å². The van der Waals surface area contributed by atoms with Crippen LogP contribution in [-0.2, 0) is 29.1 Å². The minimum atomic E-state index is -5.01. The first-order valence-corrected chi connectivity index (χ1v) is 12.6. The lowest BCUT2D eigenvalue weighted by Gasteiger charge is -2.31. The molecule has 8 nitrogen and oxygen atoms in total. The maximum Gasteiger partial charge on any atom is 0.418 e. The SMILES string of the molecule is CS(=O)(=O)CCCN1CCn2c(c(C(F)(F)F)cc(C(=O)NCc3ccc(Cl)cc3)c2=O)C1=O. The van der Waals surface area contributed by atoms with Crippen LogP contribution in [0.15, 0.2) is 35.1 Å². The summed E-state index contributed by atoms with van der Waals surface area (Å²) in [7, 11) is -3.31. The van der Waals surface area contributed by atoms with Gasteiger partial charge in [-0.2, -0.15) is 13.2 Å². The van der Waals surface area contributed by atoms with E-state index < -0.39 is 50.2 Å². The molecule has 0 aliphatic carbocycles. The minimum Gasteiger partial charge on any atom is -0.348 e. The number of hydrogen-bond acceptors (Lipinski definition) is 5. The Morgan fingerprint density at radius 3 is 2.38 bits per heavy atom. The molecule has 0 fully saturated rings. The van der Waals surface area contributed by atoms with Gasteiger partial charge in [-0.1, -0.05) is 23.7 Å². The van der Waals surface area contributed by atoms with Gasteiger partial charge in [0.15, 0.2) is 0 Å². The summed E-state index contributed by atoms with van der Waals surface area (Å²) in [5.41, 5.74) is -3.39. The van der Waals surface area contributed by atoms with Gasteiger partial charge in [-0.15, -0.1) is 0 Å². The van der Waals surface area contributed by atoms with Crippen molar-refractivity contribution in [3.8, 4) is 0 Å². The summed E-state index contributed by atoms with van der Waals surface area (Å²) in [4.78, 5) is 39.3. The van der Waals surface area contributed by atoms with Crippen LogP contribution < -0.4 is 10.9 Å². The van der Waals surface area contributed by atoms with Crippen LogP contribution in [0.2, 0.25) is 5.02 Å². The van der Waals surface area contributed by atoms with Crippen LogP contribution >= 0.6 is 11.6 Å². The Morgan fingerprint density at radius 1 is 1.15 bits per heavy atom. The van der Waals surface area contributed by atoms with Gasteiger partial charge < -0.3 is 14.8 Å². The predicted molar refractivity (Wildman–Crippen MR) is 119 cm³/mol. The van der Waals surface area contributed by atoms with Crippen molar-refractivity contribution in [2.75, 3.05) is 25.1 Å². The molecule has 0 bridgehead atoms. The van der Waals surface area contributed by atoms with Gasteiger partial charge in [0, 0.05) is 37.5 Å². The average molecular weight is 520 g/mol. The molecule has 1 aromatic heterocycles. The number of carbonyl (C=O) groups is 2. The first-order valence-electron chi connectivity index (χ1n) is 10.1. The molecule has 2 amide bonds. The van der Waals surface area contributed by atoms with Gasteiger partial charge in [0.1, 0.15) is 21.1 Å². The van der Waals surface area contributed by atoms with Gasteiger partial charge in [-0.3, -0.25) is 14.4 Å². The lowest BCUT2D eigenvalue weighted by molar-refractivity contribution is -0.138. The average Bonchev–Trinajstić information content (AvgIpc) is 2.73. The number of carbonyl (C=O) groups excluding carboxylic acids is 2. The van der Waals surface area contributed by atoms with Gasteiger partial charge in [0.25, 0.3) is 17.4 Å². The number of amides is 2. The van der Waals surface area contributed by atoms with E-state index in [-0.39, 0.29) is 38.4 Å². The number of pyridine rings is 1. The molecule has 1 aliphatic heterocycles. The first-order chi connectivity index (χ1) is 15.8. The van der Waals surface area contributed by atoms with E-state index >= 15 is 0 Å². The van der Waals surface area contributed by atoms with Crippen molar-refractivity contribution >= 4 is 33.3 Å². The predicted octanol–water partition coefficient (Wildman–Crippen LogP) is 2.34. The standard InChI is InChI=1S/C21H21ClF3N3O5S/c1-34(32,33)10-2-7-27-8-9-28-17(20(27)31)16(21(23,24)25)11-15(19(28)30)18(29)26-12-13-3-5-14(22)6-4-13/h3-6,11H,2,7-10,12H2,1H3,(H,26,29). The zero-order chi connectivity index (χ0) is 25.3. The van der Waals surface area contributed by atoms with Gasteiger partial charge in [0.2, 0.25) is 0 Å². The minimum absolute atomic E-state index is 0.0430. The number of rotatable bonds is 7. The molecular weight excluding hydrogens is 499 g/mol. The van der Waals surface area contributed by atoms with Crippen LogP contribution in [0.5, 0.6) is 0 Å². The summed E-state index contributed by atoms with van der Waals surface area (Å²) in [6, 6.07) is 6.77. The lowest BCUT2D eigenvalue weighted by Crippen LogP contribution is -2.48. The van der Waals surface area contributed by atoms with Crippen molar-refractivity contribution in [1.82, 2.24) is 14.8 Å². The third kappa shape index (κ3) is 5.98. The highest BCUT2D eigenvalue weighted by atomic mass is 35.5. The fourth-order valence-electron chi connectivity index (χ4n) is 3.57. The van der Waals surface area contributed by atoms with E-state index in [0.717, 1.165) is 11.2 Å². The number of nitrogens with zero attached hydrogens (tertiary/aromatic N) is 2. The number of nitrogens with one attached hydrogen (secondary N) is 1. The fourth-order valence-corrected chi connectivity index (χ4v) is 4.35. The molecule has 1 aromatic carbocycles. The van der Waals surface area contributed by atoms with Gasteiger partial charge >= 0.3 is 6.18 Å². The monoisotopic (exact) mass is 519 g/mol. The second kappa shape index (κ2) is 9.79. The molecule has 0 spiro atoms. The van der Waals surface area contributed by atoms with Crippen molar-refractivity contribution in [2.45, 2.75) is 25.7 Å². The largest absolute Gasteiger partial charge is 0.418 e. The highest BCUT2D eigenvalue weighted by Crippen LogP contribution is 2.33. The summed E-state index contributed by atoms with van der Waals surface area (Å²) in [6.07, 6.45) is -3.95. The van der Waals surface area contributed by atoms with Gasteiger partial charge in [-0.25, -0.2) is 8.42 Å². The molecule has 0 saturated heterocycles. The fraction of sp³-hybridized carbons (Fsp3) is 0.381. The maximum atomic E-state index is 13.8. The third-order valence-electron chi connectivity index (χ3n) is 5.23. The van der Waals surface area contributed by atoms with Crippen LogP contribution in [0.3, 0.4) is 0 Å². The smallest absolute Gasteiger partial charge is 0.348 e. The number of aromatic nitrogens is 1. The van der Waals surface area contributed by atoms with Crippen molar-refractivity contribution < 1.29 is 31.2 Å². The number of alkyl halides is 3. The molecule has 0 radical (unpaired) electrons. The molecule has 0 atom stereocenters.